The molecule has 35 heavy (non-hydrogen) atoms. The molecule has 8 nitrogen and oxygen atoms in total. The number of amides is 3. The first kappa shape index (κ1) is 27.4. The highest BCUT2D eigenvalue weighted by Crippen LogP contribution is 2.17. The Morgan fingerprint density at radius 3 is 2.31 bits per heavy atom. The zero-order valence-electron chi connectivity index (χ0n) is 19.8. The van der Waals surface area contributed by atoms with Gasteiger partial charge in [-0.3, -0.25) is 14.4 Å². The summed E-state index contributed by atoms with van der Waals surface area (Å²) >= 11 is 5.83. The second kappa shape index (κ2) is 12.6. The van der Waals surface area contributed by atoms with E-state index >= 15 is 0 Å². The van der Waals surface area contributed by atoms with Gasteiger partial charge in [-0.25, -0.2) is 0 Å². The molecule has 0 aliphatic rings. The van der Waals surface area contributed by atoms with Gasteiger partial charge in [-0.15, -0.1) is 0 Å². The van der Waals surface area contributed by atoms with Crippen molar-refractivity contribution in [1.82, 2.24) is 10.2 Å². The van der Waals surface area contributed by atoms with Crippen LogP contribution >= 0.6 is 11.6 Å². The molecular formula is C25H27BClN5O3. The van der Waals surface area contributed by atoms with Crippen molar-refractivity contribution in [3.05, 3.63) is 89.3 Å². The number of para-hydroxylation sites is 1. The fraction of sp³-hybridized carbons (Fsp3) is 0.160. The fourth-order valence-corrected chi connectivity index (χ4v) is 2.98. The van der Waals surface area contributed by atoms with Crippen LogP contribution in [0.2, 0.25) is 0 Å². The molecule has 2 aromatic rings. The summed E-state index contributed by atoms with van der Waals surface area (Å²) in [7, 11) is 11.3. The Morgan fingerprint density at radius 2 is 1.71 bits per heavy atom. The third-order valence-corrected chi connectivity index (χ3v) is 5.08. The summed E-state index contributed by atoms with van der Waals surface area (Å²) in [6.07, 6.45) is 4.31. The summed E-state index contributed by atoms with van der Waals surface area (Å²) in [5, 5.41) is 5.55. The molecule has 0 aliphatic carbocycles. The molecule has 0 atom stereocenters. The van der Waals surface area contributed by atoms with Gasteiger partial charge in [-0.1, -0.05) is 41.9 Å². The monoisotopic (exact) mass is 491 g/mol. The van der Waals surface area contributed by atoms with Crippen molar-refractivity contribution < 1.29 is 14.4 Å². The second-order valence-electron chi connectivity index (χ2n) is 7.79. The van der Waals surface area contributed by atoms with Crippen molar-refractivity contribution in [3.63, 3.8) is 0 Å². The molecule has 3 amide bonds. The van der Waals surface area contributed by atoms with Crippen molar-refractivity contribution in [2.24, 2.45) is 5.73 Å². The van der Waals surface area contributed by atoms with Crippen LogP contribution in [0.3, 0.4) is 0 Å². The summed E-state index contributed by atoms with van der Waals surface area (Å²) in [4.78, 5) is 41.2. The lowest BCUT2D eigenvalue weighted by atomic mass is 9.91. The van der Waals surface area contributed by atoms with Crippen LogP contribution in [0.15, 0.2) is 78.1 Å². The van der Waals surface area contributed by atoms with E-state index in [9.17, 15) is 14.4 Å². The number of nitrogens with two attached hydrogens (primary N) is 1. The highest BCUT2D eigenvalue weighted by molar-refractivity contribution is 6.38. The zero-order valence-corrected chi connectivity index (χ0v) is 20.6. The van der Waals surface area contributed by atoms with E-state index in [1.165, 1.54) is 29.2 Å². The van der Waals surface area contributed by atoms with E-state index in [1.54, 1.807) is 48.3 Å². The van der Waals surface area contributed by atoms with Crippen molar-refractivity contribution >= 4 is 54.0 Å². The van der Waals surface area contributed by atoms with E-state index in [1.807, 2.05) is 14.1 Å². The van der Waals surface area contributed by atoms with Gasteiger partial charge in [0.25, 0.3) is 11.8 Å². The van der Waals surface area contributed by atoms with Gasteiger partial charge < -0.3 is 26.2 Å². The lowest BCUT2D eigenvalue weighted by Crippen LogP contribution is -2.35. The van der Waals surface area contributed by atoms with Crippen molar-refractivity contribution in [2.75, 3.05) is 37.9 Å². The van der Waals surface area contributed by atoms with E-state index in [-0.39, 0.29) is 35.0 Å². The first-order valence-electron chi connectivity index (χ1n) is 10.5. The smallest absolute Gasteiger partial charge is 0.258 e. The number of nitrogens with zero attached hydrogens (tertiary/aromatic N) is 2. The topological polar surface area (TPSA) is 108 Å². The SMILES string of the molecule is [B]c1cccc(C(=O)N/C(N)=C/C=C(/Cl)C=C)c1NC(=O)c1ccc(N(C)C(=O)CN(C)C)cc1. The summed E-state index contributed by atoms with van der Waals surface area (Å²) < 4.78 is 0. The van der Waals surface area contributed by atoms with E-state index in [2.05, 4.69) is 17.2 Å². The maximum absolute atomic E-state index is 12.9. The lowest BCUT2D eigenvalue weighted by Gasteiger charge is -2.20. The summed E-state index contributed by atoms with van der Waals surface area (Å²) in [6, 6.07) is 11.2. The molecule has 0 fully saturated rings. The standard InChI is InChI=1S/C25H27BClN5O3/c1-5-17(27)11-14-21(28)29-25(35)19-7-6-8-20(26)23(19)30-24(34)16-9-12-18(13-10-16)32(4)22(33)15-31(2)3/h5-14H,1,15,28H2,2-4H3,(H,29,35)(H,30,34)/b17-11+,21-14+. The van der Waals surface area contributed by atoms with Gasteiger partial charge in [-0.2, -0.15) is 0 Å². The molecule has 0 bridgehead atoms. The van der Waals surface area contributed by atoms with E-state index in [4.69, 9.17) is 25.2 Å². The first-order valence-corrected chi connectivity index (χ1v) is 10.9. The quantitative estimate of drug-likeness (QED) is 0.368. The molecule has 0 spiro atoms. The van der Waals surface area contributed by atoms with Gasteiger partial charge in [0.2, 0.25) is 5.91 Å². The number of hydrogen-bond donors (Lipinski definition) is 3. The number of benzene rings is 2. The number of carbonyl (C=O) groups excluding carboxylic acids is 3. The molecule has 2 aromatic carbocycles. The minimum absolute atomic E-state index is 0.0400. The van der Waals surface area contributed by atoms with Crippen LogP contribution in [0.4, 0.5) is 11.4 Å². The van der Waals surface area contributed by atoms with Crippen molar-refractivity contribution in [2.45, 2.75) is 0 Å². The van der Waals surface area contributed by atoms with E-state index in [0.29, 0.717) is 16.3 Å². The Hall–Kier alpha value is -3.82. The van der Waals surface area contributed by atoms with Crippen molar-refractivity contribution in [3.8, 4) is 0 Å². The van der Waals surface area contributed by atoms with Gasteiger partial charge >= 0.3 is 0 Å². The molecule has 2 radical (unpaired) electrons. The first-order chi connectivity index (χ1) is 16.5. The highest BCUT2D eigenvalue weighted by atomic mass is 35.5. The third-order valence-electron chi connectivity index (χ3n) is 4.80. The fourth-order valence-electron chi connectivity index (χ4n) is 2.92. The van der Waals surface area contributed by atoms with Crippen LogP contribution in [-0.4, -0.2) is 58.2 Å². The Labute approximate surface area is 211 Å². The highest BCUT2D eigenvalue weighted by Gasteiger charge is 2.17. The van der Waals surface area contributed by atoms with Gasteiger partial charge in [0, 0.05) is 29.0 Å². The van der Waals surface area contributed by atoms with Crippen LogP contribution in [0.5, 0.6) is 0 Å². The molecule has 0 heterocycles. The molecular weight excluding hydrogens is 465 g/mol. The van der Waals surface area contributed by atoms with Gasteiger partial charge in [0.15, 0.2) is 0 Å². The second-order valence-corrected chi connectivity index (χ2v) is 8.23. The lowest BCUT2D eigenvalue weighted by molar-refractivity contribution is -0.118. The number of hydrogen-bond acceptors (Lipinski definition) is 5. The molecule has 180 valence electrons. The van der Waals surface area contributed by atoms with Crippen LogP contribution in [-0.2, 0) is 4.79 Å². The predicted octanol–water partition coefficient (Wildman–Crippen LogP) is 2.10. The van der Waals surface area contributed by atoms with Gasteiger partial charge in [-0.05, 0) is 56.6 Å². The molecule has 0 saturated heterocycles. The zero-order chi connectivity index (χ0) is 26.1. The average Bonchev–Trinajstić information content (AvgIpc) is 2.82. The summed E-state index contributed by atoms with van der Waals surface area (Å²) in [5.41, 5.74) is 7.25. The molecule has 0 aromatic heterocycles. The van der Waals surface area contributed by atoms with E-state index < -0.39 is 11.8 Å². The van der Waals surface area contributed by atoms with Gasteiger partial charge in [0.1, 0.15) is 13.7 Å². The number of halogens is 1. The van der Waals surface area contributed by atoms with Crippen LogP contribution in [0.1, 0.15) is 20.7 Å². The van der Waals surface area contributed by atoms with Crippen molar-refractivity contribution in [1.29, 1.82) is 0 Å². The number of anilines is 2. The number of likely N-dealkylation sites (N-methyl/N-ethyl adjacent to an activating group) is 2. The average molecular weight is 492 g/mol. The molecule has 0 unspecified atom stereocenters. The molecule has 4 N–H and O–H groups in total. The van der Waals surface area contributed by atoms with Crippen LogP contribution < -0.4 is 26.7 Å². The number of nitrogens with one attached hydrogen (secondary N) is 2. The molecule has 0 aliphatic heterocycles. The summed E-state index contributed by atoms with van der Waals surface area (Å²) in [5.74, 6) is -1.09. The maximum atomic E-state index is 12.9. The third kappa shape index (κ3) is 7.87. The Morgan fingerprint density at radius 1 is 1.06 bits per heavy atom. The molecule has 0 saturated carbocycles. The number of rotatable bonds is 9. The minimum Gasteiger partial charge on any atom is -0.385 e. The maximum Gasteiger partial charge on any atom is 0.258 e. The molecule has 2 rings (SSSR count). The summed E-state index contributed by atoms with van der Waals surface area (Å²) in [6.45, 7) is 3.78. The molecule has 10 heteroatoms. The Balaban J connectivity index is 2.20. The number of allylic oxidation sites excluding steroid dienone is 4. The number of carbonyl (C=O) groups is 3. The Kier molecular flexibility index (Phi) is 9.87. The predicted molar refractivity (Wildman–Crippen MR) is 142 cm³/mol. The largest absolute Gasteiger partial charge is 0.385 e. The van der Waals surface area contributed by atoms with Crippen LogP contribution in [0.25, 0.3) is 0 Å². The Bertz CT molecular complexity index is 1180. The normalized spacial score (nSPS) is 11.7. The van der Waals surface area contributed by atoms with Gasteiger partial charge in [0.05, 0.1) is 12.1 Å². The van der Waals surface area contributed by atoms with Crippen LogP contribution in [0, 0.1) is 0 Å². The van der Waals surface area contributed by atoms with E-state index in [0.717, 1.165) is 0 Å². The minimum atomic E-state index is -0.569.